The monoisotopic (exact) mass is 300 g/mol. The highest BCUT2D eigenvalue weighted by Crippen LogP contribution is 2.19. The molecule has 1 unspecified atom stereocenters. The van der Waals surface area contributed by atoms with Gasteiger partial charge in [0.1, 0.15) is 0 Å². The topological polar surface area (TPSA) is 71.2 Å². The molecule has 116 valence electrons. The van der Waals surface area contributed by atoms with Crippen LogP contribution in [0.4, 0.5) is 0 Å². The number of pyridine rings is 1. The van der Waals surface area contributed by atoms with Crippen LogP contribution in [0.3, 0.4) is 0 Å². The molecule has 2 aromatic heterocycles. The van der Waals surface area contributed by atoms with E-state index < -0.39 is 6.10 Å². The zero-order chi connectivity index (χ0) is 15.5. The van der Waals surface area contributed by atoms with Crippen LogP contribution in [-0.2, 0) is 6.42 Å². The molecule has 0 aliphatic carbocycles. The van der Waals surface area contributed by atoms with E-state index in [1.54, 1.807) is 22.0 Å². The van der Waals surface area contributed by atoms with Crippen molar-refractivity contribution in [2.24, 2.45) is 0 Å². The van der Waals surface area contributed by atoms with Gasteiger partial charge in [0.05, 0.1) is 23.6 Å². The lowest BCUT2D eigenvalue weighted by Crippen LogP contribution is -2.42. The van der Waals surface area contributed by atoms with Gasteiger partial charge in [-0.2, -0.15) is 5.10 Å². The summed E-state index contributed by atoms with van der Waals surface area (Å²) in [7, 11) is 0. The number of nitrogens with zero attached hydrogens (tertiary/aromatic N) is 4. The Morgan fingerprint density at radius 3 is 3.00 bits per heavy atom. The molecule has 22 heavy (non-hydrogen) atoms. The third-order valence-electron chi connectivity index (χ3n) is 3.98. The predicted molar refractivity (Wildman–Crippen MR) is 81.9 cm³/mol. The summed E-state index contributed by atoms with van der Waals surface area (Å²) in [5, 5.41) is 14.1. The highest BCUT2D eigenvalue weighted by molar-refractivity contribution is 5.95. The van der Waals surface area contributed by atoms with Gasteiger partial charge in [-0.1, -0.05) is 13.0 Å². The number of aliphatic hydroxyl groups excluding tert-OH is 1. The van der Waals surface area contributed by atoms with E-state index in [0.717, 1.165) is 18.5 Å². The first-order valence-corrected chi connectivity index (χ1v) is 7.66. The van der Waals surface area contributed by atoms with Gasteiger partial charge in [-0.25, -0.2) is 9.67 Å². The maximum absolute atomic E-state index is 12.7. The second-order valence-corrected chi connectivity index (χ2v) is 5.51. The minimum absolute atomic E-state index is 0.0576. The standard InChI is InChI=1S/C16H20N4O2/c1-2-14-13(16(22)19-9-5-6-12(21)11-19)10-18-20(14)15-7-3-4-8-17-15/h3-4,7-8,10,12,21H,2,5-6,9,11H2,1H3. The third-order valence-corrected chi connectivity index (χ3v) is 3.98. The fourth-order valence-electron chi connectivity index (χ4n) is 2.88. The van der Waals surface area contributed by atoms with E-state index in [4.69, 9.17) is 0 Å². The van der Waals surface area contributed by atoms with E-state index in [1.165, 1.54) is 0 Å². The molecule has 1 saturated heterocycles. The van der Waals surface area contributed by atoms with E-state index in [2.05, 4.69) is 10.1 Å². The van der Waals surface area contributed by atoms with Crippen LogP contribution >= 0.6 is 0 Å². The predicted octanol–water partition coefficient (Wildman–Crippen LogP) is 1.43. The van der Waals surface area contributed by atoms with Crippen molar-refractivity contribution in [3.8, 4) is 5.82 Å². The molecule has 1 fully saturated rings. The first-order chi connectivity index (χ1) is 10.7. The van der Waals surface area contributed by atoms with Crippen LogP contribution in [0.1, 0.15) is 35.8 Å². The second kappa shape index (κ2) is 6.27. The molecule has 6 nitrogen and oxygen atoms in total. The van der Waals surface area contributed by atoms with Gasteiger partial charge in [-0.3, -0.25) is 4.79 Å². The van der Waals surface area contributed by atoms with Crippen molar-refractivity contribution in [2.75, 3.05) is 13.1 Å². The molecule has 1 aliphatic heterocycles. The molecular weight excluding hydrogens is 280 g/mol. The fourth-order valence-corrected chi connectivity index (χ4v) is 2.88. The summed E-state index contributed by atoms with van der Waals surface area (Å²) in [5.41, 5.74) is 1.45. The van der Waals surface area contributed by atoms with Gasteiger partial charge in [0.25, 0.3) is 5.91 Å². The number of hydrogen-bond acceptors (Lipinski definition) is 4. The quantitative estimate of drug-likeness (QED) is 0.931. The number of rotatable bonds is 3. The Bertz CT molecular complexity index is 653. The number of hydrogen-bond donors (Lipinski definition) is 1. The number of carbonyl (C=O) groups is 1. The number of aliphatic hydroxyl groups is 1. The van der Waals surface area contributed by atoms with Crippen LogP contribution in [-0.4, -0.2) is 49.9 Å². The van der Waals surface area contributed by atoms with E-state index >= 15 is 0 Å². The first-order valence-electron chi connectivity index (χ1n) is 7.66. The molecule has 0 spiro atoms. The Kier molecular flexibility index (Phi) is 4.20. The minimum atomic E-state index is -0.423. The van der Waals surface area contributed by atoms with Crippen LogP contribution < -0.4 is 0 Å². The zero-order valence-corrected chi connectivity index (χ0v) is 12.6. The SMILES string of the molecule is CCc1c(C(=O)N2CCCC(O)C2)cnn1-c1ccccn1. The summed E-state index contributed by atoms with van der Waals surface area (Å²) in [6.07, 6.45) is 5.18. The molecule has 6 heteroatoms. The van der Waals surface area contributed by atoms with Crippen molar-refractivity contribution >= 4 is 5.91 Å². The summed E-state index contributed by atoms with van der Waals surface area (Å²) in [4.78, 5) is 18.7. The van der Waals surface area contributed by atoms with Crippen LogP contribution in [0.5, 0.6) is 0 Å². The van der Waals surface area contributed by atoms with Crippen molar-refractivity contribution in [1.29, 1.82) is 0 Å². The van der Waals surface area contributed by atoms with E-state index in [0.29, 0.717) is 30.9 Å². The fraction of sp³-hybridized carbons (Fsp3) is 0.438. The van der Waals surface area contributed by atoms with Gasteiger partial charge in [0.15, 0.2) is 5.82 Å². The molecule has 1 atom stereocenters. The lowest BCUT2D eigenvalue weighted by atomic mass is 10.1. The average Bonchev–Trinajstić information content (AvgIpc) is 2.98. The van der Waals surface area contributed by atoms with Gasteiger partial charge < -0.3 is 10.0 Å². The molecule has 1 amide bonds. The molecular formula is C16H20N4O2. The van der Waals surface area contributed by atoms with Gasteiger partial charge in [0, 0.05) is 19.3 Å². The van der Waals surface area contributed by atoms with E-state index in [1.807, 2.05) is 25.1 Å². The third kappa shape index (κ3) is 2.74. The van der Waals surface area contributed by atoms with Gasteiger partial charge in [0.2, 0.25) is 0 Å². The number of amides is 1. The van der Waals surface area contributed by atoms with Crippen LogP contribution in [0.25, 0.3) is 5.82 Å². The van der Waals surface area contributed by atoms with Gasteiger partial charge in [-0.05, 0) is 31.4 Å². The highest BCUT2D eigenvalue weighted by Gasteiger charge is 2.26. The van der Waals surface area contributed by atoms with Crippen molar-refractivity contribution in [1.82, 2.24) is 19.7 Å². The van der Waals surface area contributed by atoms with Crippen LogP contribution in [0, 0.1) is 0 Å². The smallest absolute Gasteiger partial charge is 0.257 e. The molecule has 3 rings (SSSR count). The molecule has 2 aromatic rings. The van der Waals surface area contributed by atoms with E-state index in [9.17, 15) is 9.90 Å². The Morgan fingerprint density at radius 1 is 1.45 bits per heavy atom. The molecule has 0 aromatic carbocycles. The number of likely N-dealkylation sites (tertiary alicyclic amines) is 1. The lowest BCUT2D eigenvalue weighted by molar-refractivity contribution is 0.0473. The Balaban J connectivity index is 1.91. The second-order valence-electron chi connectivity index (χ2n) is 5.51. The van der Waals surface area contributed by atoms with Crippen molar-refractivity contribution < 1.29 is 9.90 Å². The summed E-state index contributed by atoms with van der Waals surface area (Å²) < 4.78 is 1.72. The number of aromatic nitrogens is 3. The average molecular weight is 300 g/mol. The first kappa shape index (κ1) is 14.7. The van der Waals surface area contributed by atoms with Gasteiger partial charge >= 0.3 is 0 Å². The van der Waals surface area contributed by atoms with Crippen molar-refractivity contribution in [3.05, 3.63) is 41.9 Å². The van der Waals surface area contributed by atoms with Crippen molar-refractivity contribution in [2.45, 2.75) is 32.3 Å². The summed E-state index contributed by atoms with van der Waals surface area (Å²) >= 11 is 0. The van der Waals surface area contributed by atoms with Gasteiger partial charge in [-0.15, -0.1) is 0 Å². The lowest BCUT2D eigenvalue weighted by Gasteiger charge is -2.30. The minimum Gasteiger partial charge on any atom is -0.391 e. The molecule has 3 heterocycles. The summed E-state index contributed by atoms with van der Waals surface area (Å²) in [5.74, 6) is 0.648. The molecule has 1 aliphatic rings. The molecule has 1 N–H and O–H groups in total. The Morgan fingerprint density at radius 2 is 2.32 bits per heavy atom. The van der Waals surface area contributed by atoms with Crippen LogP contribution in [0.2, 0.25) is 0 Å². The number of carbonyl (C=O) groups excluding carboxylic acids is 1. The van der Waals surface area contributed by atoms with Crippen LogP contribution in [0.15, 0.2) is 30.6 Å². The van der Waals surface area contributed by atoms with E-state index in [-0.39, 0.29) is 5.91 Å². The normalized spacial score (nSPS) is 18.5. The largest absolute Gasteiger partial charge is 0.391 e. The Labute approximate surface area is 129 Å². The molecule has 0 saturated carbocycles. The molecule has 0 radical (unpaired) electrons. The van der Waals surface area contributed by atoms with Crippen molar-refractivity contribution in [3.63, 3.8) is 0 Å². The maximum atomic E-state index is 12.7. The maximum Gasteiger partial charge on any atom is 0.257 e. The Hall–Kier alpha value is -2.21. The zero-order valence-electron chi connectivity index (χ0n) is 12.6. The number of piperidine rings is 1. The summed E-state index contributed by atoms with van der Waals surface area (Å²) in [6, 6.07) is 5.61. The number of β-amino-alcohol motifs (C(OH)–C–C–N with tert-alkyl or cyclic N) is 1. The highest BCUT2D eigenvalue weighted by atomic mass is 16.3. The summed E-state index contributed by atoms with van der Waals surface area (Å²) in [6.45, 7) is 3.09. The molecule has 0 bridgehead atoms.